The van der Waals surface area contributed by atoms with Crippen LogP contribution in [0.1, 0.15) is 63.8 Å². The molecule has 56 heavy (non-hydrogen) atoms. The van der Waals surface area contributed by atoms with Crippen LogP contribution in [0.2, 0.25) is 0 Å². The van der Waals surface area contributed by atoms with Crippen molar-refractivity contribution in [3.63, 3.8) is 0 Å². The summed E-state index contributed by atoms with van der Waals surface area (Å²) in [6.45, 7) is 18.1. The van der Waals surface area contributed by atoms with Gasteiger partial charge in [-0.15, -0.1) is 74.6 Å². The Hall–Kier alpha value is -3.78. The van der Waals surface area contributed by atoms with Crippen LogP contribution in [0.5, 0.6) is 0 Å². The van der Waals surface area contributed by atoms with Crippen LogP contribution < -0.4 is 10.4 Å². The summed E-state index contributed by atoms with van der Waals surface area (Å²) in [6.07, 6.45) is 0. The molecule has 0 aliphatic carbocycles. The first-order valence-electron chi connectivity index (χ1n) is 19.2. The van der Waals surface area contributed by atoms with Crippen LogP contribution in [-0.4, -0.2) is 9.52 Å². The first-order valence-corrected chi connectivity index (χ1v) is 26.5. The second-order valence-corrected chi connectivity index (χ2v) is 21.5. The van der Waals surface area contributed by atoms with Crippen molar-refractivity contribution in [1.82, 2.24) is 0 Å². The molecule has 9 rings (SSSR count). The maximum Gasteiger partial charge on any atom is 0.0920 e. The third kappa shape index (κ3) is 9.66. The van der Waals surface area contributed by atoms with E-state index < -0.39 is 20.8 Å². The molecule has 0 nitrogen and oxygen atoms in total. The van der Waals surface area contributed by atoms with Gasteiger partial charge in [0.05, 0.1) is 9.52 Å². The molecule has 8 aromatic rings. The molecule has 0 spiro atoms. The van der Waals surface area contributed by atoms with Crippen LogP contribution in [0.4, 0.5) is 0 Å². The quantitative estimate of drug-likeness (QED) is 0.120. The molecular formula is C52H49Cl2SiZr-3. The predicted molar refractivity (Wildman–Crippen MR) is 244 cm³/mol. The SMILES string of the molecule is Cc1cc2c(-c3ccccc3)c(C(C)(C)C)ccc2[cH-]1.Cc1cc2c(-c3ccccc3)c(C(C)(C)C)ccc2[cH-]1.[Cl][Zr][Cl].[c-]1cccc2c1[Si]c1ccccc1-2. The van der Waals surface area contributed by atoms with E-state index >= 15 is 0 Å². The minimum Gasteiger partial charge on any atom is -0.184 e. The van der Waals surface area contributed by atoms with Crippen molar-refractivity contribution >= 4 is 58.5 Å². The van der Waals surface area contributed by atoms with Gasteiger partial charge in [-0.25, -0.2) is 0 Å². The topological polar surface area (TPSA) is 0 Å². The molecule has 0 bridgehead atoms. The summed E-state index contributed by atoms with van der Waals surface area (Å²) in [4.78, 5) is 0. The van der Waals surface area contributed by atoms with Gasteiger partial charge in [-0.3, -0.25) is 0 Å². The van der Waals surface area contributed by atoms with E-state index in [1.165, 1.54) is 87.6 Å². The monoisotopic (exact) mass is 861 g/mol. The Kier molecular flexibility index (Phi) is 13.6. The summed E-state index contributed by atoms with van der Waals surface area (Å²) in [5.74, 6) is 0. The number of benzene rings is 6. The van der Waals surface area contributed by atoms with E-state index in [0.29, 0.717) is 0 Å². The van der Waals surface area contributed by atoms with Crippen LogP contribution in [0, 0.1) is 19.9 Å². The van der Waals surface area contributed by atoms with E-state index in [9.17, 15) is 0 Å². The van der Waals surface area contributed by atoms with Gasteiger partial charge in [0.15, 0.2) is 0 Å². The zero-order chi connectivity index (χ0) is 40.0. The fraction of sp³-hybridized carbons (Fsp3) is 0.192. The van der Waals surface area contributed by atoms with Gasteiger partial charge in [-0.05, 0) is 22.0 Å². The van der Waals surface area contributed by atoms with E-state index in [2.05, 4.69) is 207 Å². The van der Waals surface area contributed by atoms with Crippen molar-refractivity contribution in [3.05, 3.63) is 180 Å². The molecule has 0 aromatic heterocycles. The number of fused-ring (bicyclic) bond motifs is 5. The smallest absolute Gasteiger partial charge is 0.0920 e. The molecule has 0 amide bonds. The van der Waals surface area contributed by atoms with Gasteiger partial charge >= 0.3 is 37.9 Å². The van der Waals surface area contributed by atoms with Crippen LogP contribution in [0.25, 0.3) is 54.9 Å². The molecule has 0 saturated heterocycles. The Morgan fingerprint density at radius 2 is 0.964 bits per heavy atom. The molecule has 0 unspecified atom stereocenters. The van der Waals surface area contributed by atoms with Crippen molar-refractivity contribution in [1.29, 1.82) is 0 Å². The Balaban J connectivity index is 0.000000140. The van der Waals surface area contributed by atoms with Gasteiger partial charge in [0.25, 0.3) is 0 Å². The van der Waals surface area contributed by atoms with Crippen molar-refractivity contribution in [2.24, 2.45) is 0 Å². The molecule has 4 heteroatoms. The molecule has 0 fully saturated rings. The fourth-order valence-corrected chi connectivity index (χ4v) is 8.98. The minimum absolute atomic E-state index is 0.143. The fourth-order valence-electron chi connectivity index (χ4n) is 7.67. The van der Waals surface area contributed by atoms with Gasteiger partial charge in [-0.2, -0.15) is 41.6 Å². The van der Waals surface area contributed by atoms with Crippen molar-refractivity contribution in [2.75, 3.05) is 0 Å². The van der Waals surface area contributed by atoms with Crippen LogP contribution in [-0.2, 0) is 31.7 Å². The zero-order valence-electron chi connectivity index (χ0n) is 33.7. The van der Waals surface area contributed by atoms with Crippen molar-refractivity contribution in [2.45, 2.75) is 66.2 Å². The largest absolute Gasteiger partial charge is 0.184 e. The first kappa shape index (κ1) is 41.8. The molecule has 0 atom stereocenters. The molecule has 2 radical (unpaired) electrons. The zero-order valence-corrected chi connectivity index (χ0v) is 38.7. The molecule has 8 aromatic carbocycles. The molecule has 1 heterocycles. The predicted octanol–water partition coefficient (Wildman–Crippen LogP) is 14.2. The molecule has 0 saturated carbocycles. The number of hydrogen-bond acceptors (Lipinski definition) is 0. The van der Waals surface area contributed by atoms with Gasteiger partial charge in [0.1, 0.15) is 0 Å². The van der Waals surface area contributed by atoms with E-state index in [0.717, 1.165) is 9.52 Å². The average Bonchev–Trinajstić information content (AvgIpc) is 3.88. The minimum atomic E-state index is -0.826. The second kappa shape index (κ2) is 18.2. The normalized spacial score (nSPS) is 11.7. The van der Waals surface area contributed by atoms with Crippen molar-refractivity contribution in [3.8, 4) is 33.4 Å². The second-order valence-electron chi connectivity index (χ2n) is 16.5. The Bertz CT molecular complexity index is 2350. The third-order valence-corrected chi connectivity index (χ3v) is 11.5. The van der Waals surface area contributed by atoms with E-state index in [1.54, 1.807) is 0 Å². The summed E-state index contributed by atoms with van der Waals surface area (Å²) >= 11 is -0.826. The molecule has 1 aliphatic rings. The van der Waals surface area contributed by atoms with E-state index in [-0.39, 0.29) is 10.8 Å². The maximum atomic E-state index is 4.93. The molecule has 0 N–H and O–H groups in total. The Morgan fingerprint density at radius 3 is 1.43 bits per heavy atom. The van der Waals surface area contributed by atoms with Gasteiger partial charge in [-0.1, -0.05) is 173 Å². The Labute approximate surface area is 356 Å². The van der Waals surface area contributed by atoms with Gasteiger partial charge < -0.3 is 0 Å². The molecule has 282 valence electrons. The summed E-state index contributed by atoms with van der Waals surface area (Å²) in [5, 5.41) is 8.26. The first-order chi connectivity index (χ1) is 26.8. The standard InChI is InChI=1S/2C20H21.C12H7Si.2ClH.Zr/c2*1-14-12-16-10-11-18(20(2,3)4)19(17(16)13-14)15-8-6-5-7-9-15;1-3-7-11-9(5-1)10-6-2-4-8-12(10)13-11;;;/h2*5-13H,1-4H3;1-7H;2*1H;/q3*-1;;;+2/p-2. The van der Waals surface area contributed by atoms with Crippen LogP contribution in [0.15, 0.2) is 152 Å². The van der Waals surface area contributed by atoms with Crippen molar-refractivity contribution < 1.29 is 20.8 Å². The van der Waals surface area contributed by atoms with Crippen LogP contribution in [0.3, 0.4) is 0 Å². The number of hydrogen-bond donors (Lipinski definition) is 0. The maximum absolute atomic E-state index is 4.93. The third-order valence-electron chi connectivity index (χ3n) is 10.1. The Morgan fingerprint density at radius 1 is 0.536 bits per heavy atom. The number of aryl methyl sites for hydroxylation is 2. The summed E-state index contributed by atoms with van der Waals surface area (Å²) in [6, 6.07) is 58.0. The van der Waals surface area contributed by atoms with Gasteiger partial charge in [0.2, 0.25) is 0 Å². The number of rotatable bonds is 2. The summed E-state index contributed by atoms with van der Waals surface area (Å²) < 4.78 is 0. The molecular weight excluding hydrogens is 815 g/mol. The average molecular weight is 864 g/mol. The molecule has 1 aliphatic heterocycles. The van der Waals surface area contributed by atoms with E-state index in [4.69, 9.17) is 17.0 Å². The van der Waals surface area contributed by atoms with Gasteiger partial charge in [0, 0.05) is 0 Å². The summed E-state index contributed by atoms with van der Waals surface area (Å²) in [7, 11) is 10.7. The number of halogens is 2. The van der Waals surface area contributed by atoms with E-state index in [1.807, 2.05) is 6.07 Å². The van der Waals surface area contributed by atoms with Crippen LogP contribution >= 0.6 is 17.0 Å². The summed E-state index contributed by atoms with van der Waals surface area (Å²) in [5.41, 5.74) is 14.0.